The average Bonchev–Trinajstić information content (AvgIpc) is 2.34. The van der Waals surface area contributed by atoms with Gasteiger partial charge in [0.2, 0.25) is 0 Å². The summed E-state index contributed by atoms with van der Waals surface area (Å²) in [5.41, 5.74) is 0.857. The first-order valence-electron chi connectivity index (χ1n) is 4.79. The van der Waals surface area contributed by atoms with Crippen LogP contribution in [0, 0.1) is 3.57 Å². The van der Waals surface area contributed by atoms with Gasteiger partial charge in [0.25, 0.3) is 0 Å². The summed E-state index contributed by atoms with van der Waals surface area (Å²) < 4.78 is 1.01. The Labute approximate surface area is 127 Å². The van der Waals surface area contributed by atoms with Gasteiger partial charge in [-0.1, -0.05) is 23.2 Å². The minimum atomic E-state index is 0.101. The first-order valence-corrected chi connectivity index (χ1v) is 6.63. The highest BCUT2D eigenvalue weighted by molar-refractivity contribution is 14.1. The second-order valence-corrected chi connectivity index (χ2v) is 5.30. The molecule has 1 aromatic heterocycles. The lowest BCUT2D eigenvalue weighted by Crippen LogP contribution is -2.01. The Morgan fingerprint density at radius 2 is 2.06 bits per heavy atom. The zero-order chi connectivity index (χ0) is 13.1. The molecule has 0 radical (unpaired) electrons. The van der Waals surface area contributed by atoms with E-state index in [0.29, 0.717) is 22.8 Å². The number of benzene rings is 1. The first kappa shape index (κ1) is 13.5. The van der Waals surface area contributed by atoms with E-state index in [2.05, 4.69) is 37.9 Å². The summed E-state index contributed by atoms with van der Waals surface area (Å²) in [4.78, 5) is 18.7. The van der Waals surface area contributed by atoms with Crippen LogP contribution in [0.4, 0.5) is 11.5 Å². The van der Waals surface area contributed by atoms with Crippen molar-refractivity contribution in [3.05, 3.63) is 43.8 Å². The van der Waals surface area contributed by atoms with Crippen molar-refractivity contribution in [1.82, 2.24) is 9.97 Å². The molecule has 0 saturated carbocycles. The van der Waals surface area contributed by atoms with Crippen molar-refractivity contribution in [2.24, 2.45) is 0 Å². The number of carbonyl (C=O) groups is 1. The molecule has 2 aromatic rings. The van der Waals surface area contributed by atoms with Crippen molar-refractivity contribution in [1.29, 1.82) is 0 Å². The molecule has 1 heterocycles. The standard InChI is InChI=1S/C11H6Cl2IN3O/c12-8-2-1-6(14)3-9(8)17-11-7(4-18)10(13)15-5-16-11/h1-5H,(H,15,16,17). The van der Waals surface area contributed by atoms with E-state index in [1.807, 2.05) is 12.1 Å². The fourth-order valence-corrected chi connectivity index (χ4v) is 2.13. The van der Waals surface area contributed by atoms with Crippen molar-refractivity contribution < 1.29 is 4.79 Å². The fourth-order valence-electron chi connectivity index (χ4n) is 1.30. The predicted octanol–water partition coefficient (Wildman–Crippen LogP) is 3.94. The molecule has 0 fully saturated rings. The summed E-state index contributed by atoms with van der Waals surface area (Å²) in [6.45, 7) is 0. The highest BCUT2D eigenvalue weighted by Crippen LogP contribution is 2.28. The highest BCUT2D eigenvalue weighted by Gasteiger charge is 2.10. The van der Waals surface area contributed by atoms with E-state index in [9.17, 15) is 4.79 Å². The Bertz CT molecular complexity index is 607. The molecular weight excluding hydrogens is 388 g/mol. The summed E-state index contributed by atoms with van der Waals surface area (Å²) in [5.74, 6) is 0.328. The second-order valence-electron chi connectivity index (χ2n) is 3.29. The number of halogens is 3. The van der Waals surface area contributed by atoms with Crippen LogP contribution in [0.5, 0.6) is 0 Å². The molecule has 0 aliphatic carbocycles. The van der Waals surface area contributed by atoms with Gasteiger partial charge in [0, 0.05) is 3.57 Å². The molecule has 0 saturated heterocycles. The minimum Gasteiger partial charge on any atom is -0.338 e. The van der Waals surface area contributed by atoms with E-state index < -0.39 is 0 Å². The lowest BCUT2D eigenvalue weighted by molar-refractivity contribution is 0.112. The third-order valence-electron chi connectivity index (χ3n) is 2.13. The molecule has 0 unspecified atom stereocenters. The van der Waals surface area contributed by atoms with E-state index in [4.69, 9.17) is 23.2 Å². The third kappa shape index (κ3) is 2.90. The predicted molar refractivity (Wildman–Crippen MR) is 79.9 cm³/mol. The van der Waals surface area contributed by atoms with Gasteiger partial charge in [0.05, 0.1) is 16.3 Å². The smallest absolute Gasteiger partial charge is 0.156 e. The Kier molecular flexibility index (Phi) is 4.36. The van der Waals surface area contributed by atoms with Crippen molar-refractivity contribution in [2.45, 2.75) is 0 Å². The lowest BCUT2D eigenvalue weighted by Gasteiger charge is -2.10. The Morgan fingerprint density at radius 3 is 2.78 bits per heavy atom. The molecule has 0 bridgehead atoms. The molecular formula is C11H6Cl2IN3O. The van der Waals surface area contributed by atoms with Crippen LogP contribution < -0.4 is 5.32 Å². The normalized spacial score (nSPS) is 10.2. The maximum atomic E-state index is 11.0. The molecule has 2 rings (SSSR count). The van der Waals surface area contributed by atoms with Gasteiger partial charge in [-0.05, 0) is 40.8 Å². The molecule has 0 spiro atoms. The maximum Gasteiger partial charge on any atom is 0.156 e. The average molecular weight is 394 g/mol. The van der Waals surface area contributed by atoms with Crippen molar-refractivity contribution in [2.75, 3.05) is 5.32 Å². The SMILES string of the molecule is O=Cc1c(Cl)ncnc1Nc1cc(I)ccc1Cl. The number of hydrogen-bond acceptors (Lipinski definition) is 4. The number of nitrogens with one attached hydrogen (secondary N) is 1. The van der Waals surface area contributed by atoms with E-state index in [-0.39, 0.29) is 10.7 Å². The molecule has 4 nitrogen and oxygen atoms in total. The number of rotatable bonds is 3. The van der Waals surface area contributed by atoms with Crippen molar-refractivity contribution in [3.8, 4) is 0 Å². The number of hydrogen-bond donors (Lipinski definition) is 1. The van der Waals surface area contributed by atoms with Gasteiger partial charge in [-0.3, -0.25) is 4.79 Å². The number of carbonyl (C=O) groups excluding carboxylic acids is 1. The topological polar surface area (TPSA) is 54.9 Å². The summed E-state index contributed by atoms with van der Waals surface area (Å²) in [5, 5.41) is 3.60. The van der Waals surface area contributed by atoms with Gasteiger partial charge in [-0.2, -0.15) is 0 Å². The number of aromatic nitrogens is 2. The van der Waals surface area contributed by atoms with Gasteiger partial charge < -0.3 is 5.32 Å². The number of aldehydes is 1. The van der Waals surface area contributed by atoms with Gasteiger partial charge in [0.1, 0.15) is 17.3 Å². The fraction of sp³-hybridized carbons (Fsp3) is 0. The van der Waals surface area contributed by atoms with Gasteiger partial charge in [-0.25, -0.2) is 9.97 Å². The third-order valence-corrected chi connectivity index (χ3v) is 3.44. The number of anilines is 2. The van der Waals surface area contributed by atoms with E-state index in [1.54, 1.807) is 6.07 Å². The molecule has 0 atom stereocenters. The van der Waals surface area contributed by atoms with E-state index in [0.717, 1.165) is 3.57 Å². The molecule has 0 amide bonds. The van der Waals surface area contributed by atoms with Gasteiger partial charge in [-0.15, -0.1) is 0 Å². The summed E-state index contributed by atoms with van der Waals surface area (Å²) >= 11 is 14.0. The summed E-state index contributed by atoms with van der Waals surface area (Å²) in [7, 11) is 0. The molecule has 92 valence electrons. The molecule has 7 heteroatoms. The zero-order valence-corrected chi connectivity index (χ0v) is 12.5. The lowest BCUT2D eigenvalue weighted by atomic mass is 10.3. The van der Waals surface area contributed by atoms with Crippen LogP contribution >= 0.6 is 45.8 Å². The van der Waals surface area contributed by atoms with Crippen molar-refractivity contribution >= 4 is 63.6 Å². The first-order chi connectivity index (χ1) is 8.61. The second kappa shape index (κ2) is 5.81. The maximum absolute atomic E-state index is 11.0. The monoisotopic (exact) mass is 393 g/mol. The molecule has 0 aliphatic heterocycles. The van der Waals surface area contributed by atoms with E-state index in [1.165, 1.54) is 6.33 Å². The van der Waals surface area contributed by atoms with Gasteiger partial charge in [0.15, 0.2) is 6.29 Å². The Hall–Kier alpha value is -0.920. The summed E-state index contributed by atoms with van der Waals surface area (Å²) in [6, 6.07) is 5.48. The summed E-state index contributed by atoms with van der Waals surface area (Å²) in [6.07, 6.45) is 1.88. The minimum absolute atomic E-state index is 0.101. The van der Waals surface area contributed by atoms with Crippen LogP contribution in [0.2, 0.25) is 10.2 Å². The largest absolute Gasteiger partial charge is 0.338 e. The van der Waals surface area contributed by atoms with E-state index >= 15 is 0 Å². The number of nitrogens with zero attached hydrogens (tertiary/aromatic N) is 2. The van der Waals surface area contributed by atoms with Crippen LogP contribution in [0.1, 0.15) is 10.4 Å². The highest BCUT2D eigenvalue weighted by atomic mass is 127. The molecule has 0 aliphatic rings. The van der Waals surface area contributed by atoms with Crippen LogP contribution in [0.3, 0.4) is 0 Å². The molecule has 18 heavy (non-hydrogen) atoms. The van der Waals surface area contributed by atoms with Crippen LogP contribution in [-0.4, -0.2) is 16.3 Å². The molecule has 1 aromatic carbocycles. The Morgan fingerprint density at radius 1 is 1.28 bits per heavy atom. The van der Waals surface area contributed by atoms with Crippen LogP contribution in [0.25, 0.3) is 0 Å². The zero-order valence-electron chi connectivity index (χ0n) is 8.82. The molecule has 1 N–H and O–H groups in total. The van der Waals surface area contributed by atoms with Crippen LogP contribution in [-0.2, 0) is 0 Å². The van der Waals surface area contributed by atoms with Crippen molar-refractivity contribution in [3.63, 3.8) is 0 Å². The quantitative estimate of drug-likeness (QED) is 0.487. The van der Waals surface area contributed by atoms with Crippen LogP contribution in [0.15, 0.2) is 24.5 Å². The van der Waals surface area contributed by atoms with Gasteiger partial charge >= 0.3 is 0 Å². The Balaban J connectivity index is 2.43.